The van der Waals surface area contributed by atoms with Crippen LogP contribution in [0.1, 0.15) is 50.4 Å². The number of fused-ring (bicyclic) bond motifs is 1. The molecule has 2 aliphatic rings. The second kappa shape index (κ2) is 13.8. The second-order valence-electron chi connectivity index (χ2n) is 12.0. The van der Waals surface area contributed by atoms with Gasteiger partial charge in [0.1, 0.15) is 11.3 Å². The van der Waals surface area contributed by atoms with Crippen LogP contribution < -0.4 is 10.1 Å². The Morgan fingerprint density at radius 3 is 2.11 bits per heavy atom. The Bertz CT molecular complexity index is 1610. The number of rotatable bonds is 9. The molecular weight excluding hydrogens is 578 g/mol. The van der Waals surface area contributed by atoms with E-state index in [9.17, 15) is 18.4 Å². The van der Waals surface area contributed by atoms with Crippen molar-refractivity contribution in [3.05, 3.63) is 101 Å². The van der Waals surface area contributed by atoms with Gasteiger partial charge in [0, 0.05) is 69.3 Å². The van der Waals surface area contributed by atoms with Crippen LogP contribution in [0.3, 0.4) is 0 Å². The summed E-state index contributed by atoms with van der Waals surface area (Å²) < 4.78 is 35.0. The molecule has 6 rings (SSSR count). The number of aryl methyl sites for hydroxylation is 1. The number of halogens is 2. The molecule has 0 atom stereocenters. The van der Waals surface area contributed by atoms with E-state index in [0.29, 0.717) is 30.8 Å². The van der Waals surface area contributed by atoms with Crippen molar-refractivity contribution in [3.8, 4) is 5.75 Å². The van der Waals surface area contributed by atoms with Crippen molar-refractivity contribution in [2.45, 2.75) is 45.5 Å². The predicted molar refractivity (Wildman–Crippen MR) is 167 cm³/mol. The first kappa shape index (κ1) is 30.7. The molecule has 0 unspecified atom stereocenters. The second-order valence-corrected chi connectivity index (χ2v) is 12.0. The minimum absolute atomic E-state index is 0.0109. The Hall–Kier alpha value is -4.28. The number of piperazine rings is 1. The molecule has 0 saturated carbocycles. The fraction of sp³-hybridized carbons (Fsp3) is 0.371. The van der Waals surface area contributed by atoms with Gasteiger partial charge in [-0.05, 0) is 67.3 Å². The number of hydrogen-bond acceptors (Lipinski definition) is 6. The van der Waals surface area contributed by atoms with Crippen LogP contribution in [-0.4, -0.2) is 78.4 Å². The van der Waals surface area contributed by atoms with E-state index in [2.05, 4.69) is 51.0 Å². The molecule has 0 aliphatic carbocycles. The summed E-state index contributed by atoms with van der Waals surface area (Å²) in [6, 6.07) is 22.3. The van der Waals surface area contributed by atoms with Crippen molar-refractivity contribution in [2.75, 3.05) is 39.3 Å². The van der Waals surface area contributed by atoms with Crippen molar-refractivity contribution in [1.82, 2.24) is 20.0 Å². The average Bonchev–Trinajstić information content (AvgIpc) is 3.48. The highest BCUT2D eigenvalue weighted by Crippen LogP contribution is 2.24. The Morgan fingerprint density at radius 1 is 0.844 bits per heavy atom. The number of amides is 2. The number of piperidine rings is 1. The van der Waals surface area contributed by atoms with Crippen LogP contribution in [-0.2, 0) is 13.1 Å². The Morgan fingerprint density at radius 2 is 1.47 bits per heavy atom. The normalized spacial score (nSPS) is 16.8. The van der Waals surface area contributed by atoms with E-state index in [1.54, 1.807) is 48.5 Å². The molecule has 2 amide bonds. The highest BCUT2D eigenvalue weighted by molar-refractivity contribution is 6.00. The van der Waals surface area contributed by atoms with Crippen molar-refractivity contribution in [1.29, 1.82) is 0 Å². The van der Waals surface area contributed by atoms with Crippen LogP contribution in [0.25, 0.3) is 11.0 Å². The number of benzene rings is 3. The Kier molecular flexibility index (Phi) is 9.42. The van der Waals surface area contributed by atoms with E-state index in [-0.39, 0.29) is 29.4 Å². The molecule has 45 heavy (non-hydrogen) atoms. The van der Waals surface area contributed by atoms with Gasteiger partial charge in [0.05, 0.1) is 0 Å². The predicted octanol–water partition coefficient (Wildman–Crippen LogP) is 5.70. The summed E-state index contributed by atoms with van der Waals surface area (Å²) in [4.78, 5) is 32.9. The Balaban J connectivity index is 0.978. The van der Waals surface area contributed by atoms with Crippen molar-refractivity contribution < 1.29 is 27.5 Å². The van der Waals surface area contributed by atoms with Crippen LogP contribution in [0.5, 0.6) is 5.75 Å². The van der Waals surface area contributed by atoms with E-state index in [1.165, 1.54) is 11.1 Å². The first-order valence-corrected chi connectivity index (χ1v) is 15.5. The number of nitrogens with one attached hydrogen (secondary N) is 1. The zero-order valence-electron chi connectivity index (χ0n) is 25.4. The van der Waals surface area contributed by atoms with Gasteiger partial charge in [0.2, 0.25) is 0 Å². The number of furan rings is 1. The summed E-state index contributed by atoms with van der Waals surface area (Å²) in [5.74, 6) is 0.0970. The number of alkyl halides is 2. The lowest BCUT2D eigenvalue weighted by atomic mass is 10.0. The van der Waals surface area contributed by atoms with E-state index in [1.807, 2.05) is 4.90 Å². The summed E-state index contributed by atoms with van der Waals surface area (Å²) in [7, 11) is 0. The van der Waals surface area contributed by atoms with E-state index in [0.717, 1.165) is 56.5 Å². The number of carbonyl (C=O) groups is 2. The van der Waals surface area contributed by atoms with Crippen LogP contribution >= 0.6 is 0 Å². The smallest absolute Gasteiger partial charge is 0.387 e. The molecule has 0 bridgehead atoms. The van der Waals surface area contributed by atoms with Gasteiger partial charge in [-0.1, -0.05) is 42.0 Å². The average molecular weight is 617 g/mol. The molecule has 4 aromatic rings. The summed E-state index contributed by atoms with van der Waals surface area (Å²) >= 11 is 0. The van der Waals surface area contributed by atoms with Gasteiger partial charge in [0.25, 0.3) is 11.8 Å². The zero-order chi connectivity index (χ0) is 31.3. The molecule has 2 fully saturated rings. The van der Waals surface area contributed by atoms with E-state index < -0.39 is 6.61 Å². The molecule has 2 saturated heterocycles. The number of likely N-dealkylation sites (tertiary alicyclic amines) is 1. The molecule has 10 heteroatoms. The van der Waals surface area contributed by atoms with E-state index >= 15 is 0 Å². The minimum Gasteiger partial charge on any atom is -0.451 e. The first-order chi connectivity index (χ1) is 21.8. The van der Waals surface area contributed by atoms with Gasteiger partial charge in [-0.15, -0.1) is 0 Å². The quantitative estimate of drug-likeness (QED) is 0.260. The molecule has 0 radical (unpaired) electrons. The number of carbonyl (C=O) groups excluding carboxylic acids is 2. The van der Waals surface area contributed by atoms with Crippen molar-refractivity contribution >= 4 is 22.8 Å². The molecular formula is C35H38F2N4O4. The number of ether oxygens (including phenoxy) is 1. The summed E-state index contributed by atoms with van der Waals surface area (Å²) in [5, 5.41) is 3.82. The standard InChI is InChI=1S/C35H38F2N4O4/c1-24-2-4-25(5-3-24)23-40-16-18-41(19-17-40)34(43)27-8-11-31-28(20-27)21-32(45-31)33(42)38-29-12-14-39(15-13-29)22-26-6-9-30(10-7-26)44-35(36)37/h2-11,20-21,29,35H,12-19,22-23H2,1H3,(H,38,42). The highest BCUT2D eigenvalue weighted by Gasteiger charge is 2.25. The summed E-state index contributed by atoms with van der Waals surface area (Å²) in [6.07, 6.45) is 1.57. The van der Waals surface area contributed by atoms with E-state index in [4.69, 9.17) is 4.42 Å². The van der Waals surface area contributed by atoms with Crippen LogP contribution in [0.2, 0.25) is 0 Å². The zero-order valence-corrected chi connectivity index (χ0v) is 25.4. The fourth-order valence-electron chi connectivity index (χ4n) is 6.06. The van der Waals surface area contributed by atoms with Crippen LogP contribution in [0.15, 0.2) is 77.2 Å². The monoisotopic (exact) mass is 616 g/mol. The molecule has 1 aromatic heterocycles. The minimum atomic E-state index is -2.83. The molecule has 8 nitrogen and oxygen atoms in total. The van der Waals surface area contributed by atoms with Crippen LogP contribution in [0, 0.1) is 6.92 Å². The lowest BCUT2D eigenvalue weighted by Crippen LogP contribution is -2.48. The SMILES string of the molecule is Cc1ccc(CN2CCN(C(=O)c3ccc4oc(C(=O)NC5CCN(Cc6ccc(OC(F)F)cc6)CC5)cc4c3)CC2)cc1. The lowest BCUT2D eigenvalue weighted by Gasteiger charge is -2.34. The van der Waals surface area contributed by atoms with Gasteiger partial charge in [-0.2, -0.15) is 8.78 Å². The van der Waals surface area contributed by atoms with Crippen molar-refractivity contribution in [2.24, 2.45) is 0 Å². The molecule has 2 aliphatic heterocycles. The maximum atomic E-state index is 13.3. The first-order valence-electron chi connectivity index (χ1n) is 15.5. The Labute approximate surface area is 261 Å². The van der Waals surface area contributed by atoms with Gasteiger partial charge in [0.15, 0.2) is 5.76 Å². The molecule has 236 valence electrons. The van der Waals surface area contributed by atoms with Gasteiger partial charge in [-0.3, -0.25) is 19.4 Å². The third-order valence-electron chi connectivity index (χ3n) is 8.65. The van der Waals surface area contributed by atoms with Crippen LogP contribution in [0.4, 0.5) is 8.78 Å². The fourth-order valence-corrected chi connectivity index (χ4v) is 6.06. The summed E-state index contributed by atoms with van der Waals surface area (Å²) in [5.41, 5.74) is 4.70. The maximum absolute atomic E-state index is 13.3. The number of nitrogens with zero attached hydrogens (tertiary/aromatic N) is 3. The van der Waals surface area contributed by atoms with Gasteiger partial charge >= 0.3 is 6.61 Å². The lowest BCUT2D eigenvalue weighted by molar-refractivity contribution is -0.0498. The van der Waals surface area contributed by atoms with Gasteiger partial charge < -0.3 is 19.4 Å². The largest absolute Gasteiger partial charge is 0.451 e. The maximum Gasteiger partial charge on any atom is 0.387 e. The highest BCUT2D eigenvalue weighted by atomic mass is 19.3. The molecule has 3 aromatic carbocycles. The topological polar surface area (TPSA) is 78.3 Å². The molecule has 1 N–H and O–H groups in total. The third kappa shape index (κ3) is 7.87. The summed E-state index contributed by atoms with van der Waals surface area (Å²) in [6.45, 7) is 5.41. The third-order valence-corrected chi connectivity index (χ3v) is 8.65. The molecule has 0 spiro atoms. The van der Waals surface area contributed by atoms with Crippen molar-refractivity contribution in [3.63, 3.8) is 0 Å². The number of hydrogen-bond donors (Lipinski definition) is 1. The molecule has 3 heterocycles. The van der Waals surface area contributed by atoms with Gasteiger partial charge in [-0.25, -0.2) is 0 Å².